The van der Waals surface area contributed by atoms with E-state index in [2.05, 4.69) is 6.92 Å². The third-order valence-corrected chi connectivity index (χ3v) is 4.12. The molecule has 0 aliphatic heterocycles. The summed E-state index contributed by atoms with van der Waals surface area (Å²) in [6.45, 7) is 2.09. The zero-order chi connectivity index (χ0) is 24.5. The molecule has 33 heavy (non-hydrogen) atoms. The Bertz CT molecular complexity index is 941. The molecule has 4 N–H and O–H groups in total. The Morgan fingerprint density at radius 1 is 0.818 bits per heavy atom. The molecule has 0 aliphatic rings. The van der Waals surface area contributed by atoms with Crippen molar-refractivity contribution in [2.75, 3.05) is 0 Å². The molecule has 0 amide bonds. The summed E-state index contributed by atoms with van der Waals surface area (Å²) in [4.78, 5) is 22.6. The Balaban J connectivity index is 0.000000300. The highest BCUT2D eigenvalue weighted by Crippen LogP contribution is 2.13. The molecule has 3 rings (SSSR count). The number of para-hydroxylation sites is 2. The molecule has 3 aromatic carbocycles. The number of carbonyl (C=O) groups excluding carboxylic acids is 1. The summed E-state index contributed by atoms with van der Waals surface area (Å²) in [5, 5.41) is 34.1. The van der Waals surface area contributed by atoms with Crippen LogP contribution in [0.15, 0.2) is 84.9 Å². The zero-order valence-electron chi connectivity index (χ0n) is 18.5. The molecule has 3 aromatic rings. The first-order chi connectivity index (χ1) is 15.8. The smallest absolute Gasteiger partial charge is 0.343 e. The van der Waals surface area contributed by atoms with Gasteiger partial charge in [-0.1, -0.05) is 62.2 Å². The van der Waals surface area contributed by atoms with Crippen molar-refractivity contribution in [1.82, 2.24) is 0 Å². The van der Waals surface area contributed by atoms with Gasteiger partial charge in [-0.3, -0.25) is 0 Å². The second kappa shape index (κ2) is 16.0. The highest BCUT2D eigenvalue weighted by atomic mass is 16.5. The molecule has 0 spiro atoms. The van der Waals surface area contributed by atoms with E-state index in [1.54, 1.807) is 48.5 Å². The van der Waals surface area contributed by atoms with E-state index in [-0.39, 0.29) is 11.1 Å². The lowest BCUT2D eigenvalue weighted by Crippen LogP contribution is -2.09. The van der Waals surface area contributed by atoms with Crippen molar-refractivity contribution >= 4 is 11.9 Å². The summed E-state index contributed by atoms with van der Waals surface area (Å²) in [7, 11) is 0. The quantitative estimate of drug-likeness (QED) is 0.174. The number of aromatic hydroxyl groups is 1. The summed E-state index contributed by atoms with van der Waals surface area (Å²) >= 11 is 0. The lowest BCUT2D eigenvalue weighted by molar-refractivity contribution is -0.0465. The van der Waals surface area contributed by atoms with E-state index < -0.39 is 18.2 Å². The third kappa shape index (κ3) is 12.7. The number of aromatic carboxylic acids is 1. The average molecular weight is 455 g/mol. The minimum Gasteiger partial charge on any atom is -0.508 e. The summed E-state index contributed by atoms with van der Waals surface area (Å²) in [5.41, 5.74) is 0.260. The molecule has 0 atom stereocenters. The van der Waals surface area contributed by atoms with Crippen LogP contribution >= 0.6 is 0 Å². The van der Waals surface area contributed by atoms with E-state index in [9.17, 15) is 9.59 Å². The number of benzene rings is 3. The predicted octanol–water partition coefficient (Wildman–Crippen LogP) is 4.87. The van der Waals surface area contributed by atoms with E-state index in [0.29, 0.717) is 17.9 Å². The molecule has 0 bridgehead atoms. The van der Waals surface area contributed by atoms with Crippen molar-refractivity contribution in [3.63, 3.8) is 0 Å². The largest absolute Gasteiger partial charge is 0.508 e. The molecule has 0 saturated carbocycles. The SMILES string of the molecule is CCCCCC(O)O.O=C(O)c1cccc(C(=O)Oc2ccccc2)c1.Oc1ccccc1. The zero-order valence-corrected chi connectivity index (χ0v) is 18.5. The third-order valence-electron chi connectivity index (χ3n) is 4.12. The minimum absolute atomic E-state index is 0.0533. The number of phenols is 1. The second-order valence-electron chi connectivity index (χ2n) is 6.90. The highest BCUT2D eigenvalue weighted by molar-refractivity contribution is 5.95. The van der Waals surface area contributed by atoms with Gasteiger partial charge in [-0.25, -0.2) is 9.59 Å². The Morgan fingerprint density at radius 2 is 1.39 bits per heavy atom. The van der Waals surface area contributed by atoms with E-state index in [1.807, 2.05) is 12.1 Å². The maximum absolute atomic E-state index is 11.8. The van der Waals surface area contributed by atoms with Gasteiger partial charge in [0, 0.05) is 0 Å². The van der Waals surface area contributed by atoms with Crippen LogP contribution in [0.25, 0.3) is 0 Å². The predicted molar refractivity (Wildman–Crippen MR) is 125 cm³/mol. The normalized spacial score (nSPS) is 9.70. The number of aliphatic hydroxyl groups is 2. The van der Waals surface area contributed by atoms with E-state index in [0.717, 1.165) is 19.3 Å². The number of hydrogen-bond acceptors (Lipinski definition) is 6. The lowest BCUT2D eigenvalue weighted by Gasteiger charge is -2.04. The van der Waals surface area contributed by atoms with Crippen LogP contribution < -0.4 is 4.74 Å². The fourth-order valence-corrected chi connectivity index (χ4v) is 2.44. The molecular weight excluding hydrogens is 424 g/mol. The fourth-order valence-electron chi connectivity index (χ4n) is 2.44. The monoisotopic (exact) mass is 454 g/mol. The maximum atomic E-state index is 11.8. The highest BCUT2D eigenvalue weighted by Gasteiger charge is 2.11. The molecule has 7 heteroatoms. The number of rotatable bonds is 7. The van der Waals surface area contributed by atoms with Gasteiger partial charge in [0.1, 0.15) is 11.5 Å². The summed E-state index contributed by atoms with van der Waals surface area (Å²) in [6, 6.07) is 23.0. The topological polar surface area (TPSA) is 124 Å². The van der Waals surface area contributed by atoms with Crippen LogP contribution in [0.5, 0.6) is 11.5 Å². The van der Waals surface area contributed by atoms with Gasteiger partial charge in [-0.2, -0.15) is 0 Å². The van der Waals surface area contributed by atoms with E-state index in [1.165, 1.54) is 24.3 Å². The molecule has 0 fully saturated rings. The number of carboxylic acids is 1. The Hall–Kier alpha value is -3.68. The summed E-state index contributed by atoms with van der Waals surface area (Å²) < 4.78 is 5.10. The minimum atomic E-state index is -1.10. The first kappa shape index (κ1) is 27.4. The Kier molecular flexibility index (Phi) is 13.3. The number of phenolic OH excluding ortho intramolecular Hbond substituents is 1. The Labute approximate surface area is 193 Å². The van der Waals surface area contributed by atoms with Gasteiger partial charge in [-0.15, -0.1) is 0 Å². The van der Waals surface area contributed by atoms with Crippen molar-refractivity contribution in [1.29, 1.82) is 0 Å². The average Bonchev–Trinajstić information content (AvgIpc) is 2.81. The number of carbonyl (C=O) groups is 2. The molecule has 7 nitrogen and oxygen atoms in total. The van der Waals surface area contributed by atoms with E-state index >= 15 is 0 Å². The van der Waals surface area contributed by atoms with E-state index in [4.69, 9.17) is 25.2 Å². The van der Waals surface area contributed by atoms with Gasteiger partial charge in [-0.05, 0) is 55.3 Å². The molecule has 0 aromatic heterocycles. The van der Waals surface area contributed by atoms with Crippen LogP contribution in [0.1, 0.15) is 53.3 Å². The van der Waals surface area contributed by atoms with Gasteiger partial charge >= 0.3 is 11.9 Å². The first-order valence-electron chi connectivity index (χ1n) is 10.5. The van der Waals surface area contributed by atoms with Crippen LogP contribution in [0.3, 0.4) is 0 Å². The van der Waals surface area contributed by atoms with Gasteiger partial charge in [0.2, 0.25) is 0 Å². The molecular formula is C26H30O7. The van der Waals surface area contributed by atoms with Gasteiger partial charge in [0.05, 0.1) is 11.1 Å². The molecule has 0 radical (unpaired) electrons. The van der Waals surface area contributed by atoms with Crippen LogP contribution in [0.2, 0.25) is 0 Å². The van der Waals surface area contributed by atoms with Gasteiger partial charge in [0.15, 0.2) is 6.29 Å². The lowest BCUT2D eigenvalue weighted by atomic mass is 10.1. The molecule has 0 saturated heterocycles. The van der Waals surface area contributed by atoms with Crippen LogP contribution in [-0.4, -0.2) is 38.7 Å². The second-order valence-corrected chi connectivity index (χ2v) is 6.90. The van der Waals surface area contributed by atoms with Crippen molar-refractivity contribution < 1.29 is 34.8 Å². The fraction of sp³-hybridized carbons (Fsp3) is 0.231. The van der Waals surface area contributed by atoms with Crippen LogP contribution in [-0.2, 0) is 0 Å². The number of hydrogen-bond donors (Lipinski definition) is 4. The molecule has 0 heterocycles. The number of aliphatic hydroxyl groups excluding tert-OH is 1. The van der Waals surface area contributed by atoms with Crippen LogP contribution in [0, 0.1) is 0 Å². The van der Waals surface area contributed by atoms with Gasteiger partial charge in [0.25, 0.3) is 0 Å². The van der Waals surface area contributed by atoms with Gasteiger partial charge < -0.3 is 25.2 Å². The van der Waals surface area contributed by atoms with Crippen LogP contribution in [0.4, 0.5) is 0 Å². The number of unbranched alkanes of at least 4 members (excludes halogenated alkanes) is 2. The molecule has 0 unspecified atom stereocenters. The molecule has 176 valence electrons. The van der Waals surface area contributed by atoms with Crippen molar-refractivity contribution in [3.05, 3.63) is 96.1 Å². The number of ether oxygens (including phenoxy) is 1. The standard InChI is InChI=1S/C14H10O4.C6H14O2.C6H6O/c15-13(16)10-5-4-6-11(9-10)14(17)18-12-7-2-1-3-8-12;1-2-3-4-5-6(7)8;7-6-4-2-1-3-5-6/h1-9H,(H,15,16);6-8H,2-5H2,1H3;1-5,7H. The Morgan fingerprint density at radius 3 is 1.88 bits per heavy atom. The van der Waals surface area contributed by atoms with Crippen molar-refractivity contribution in [3.8, 4) is 11.5 Å². The number of esters is 1. The molecule has 0 aliphatic carbocycles. The maximum Gasteiger partial charge on any atom is 0.343 e. The van der Waals surface area contributed by atoms with Crippen molar-refractivity contribution in [2.45, 2.75) is 38.9 Å². The summed E-state index contributed by atoms with van der Waals surface area (Å²) in [5.74, 6) is -0.917. The first-order valence-corrected chi connectivity index (χ1v) is 10.5. The van der Waals surface area contributed by atoms with Crippen molar-refractivity contribution in [2.24, 2.45) is 0 Å². The number of carboxylic acid groups (broad SMARTS) is 1. The summed E-state index contributed by atoms with van der Waals surface area (Å²) in [6.07, 6.45) is 2.58.